The zero-order chi connectivity index (χ0) is 22.7. The van der Waals surface area contributed by atoms with Crippen molar-refractivity contribution < 1.29 is 14.3 Å². The van der Waals surface area contributed by atoms with Gasteiger partial charge in [-0.15, -0.1) is 11.3 Å². The maximum absolute atomic E-state index is 12.4. The summed E-state index contributed by atoms with van der Waals surface area (Å²) in [4.78, 5) is 29.1. The van der Waals surface area contributed by atoms with Gasteiger partial charge in [0.25, 0.3) is 5.91 Å². The van der Waals surface area contributed by atoms with E-state index in [9.17, 15) is 9.59 Å². The van der Waals surface area contributed by atoms with Crippen molar-refractivity contribution in [3.05, 3.63) is 82.5 Å². The first kappa shape index (κ1) is 21.5. The normalized spacial score (nSPS) is 10.7. The van der Waals surface area contributed by atoms with E-state index < -0.39 is 18.5 Å². The van der Waals surface area contributed by atoms with Crippen LogP contribution in [-0.2, 0) is 9.53 Å². The van der Waals surface area contributed by atoms with Crippen molar-refractivity contribution >= 4 is 29.0 Å². The number of rotatable bonds is 6. The molecule has 0 aliphatic rings. The van der Waals surface area contributed by atoms with Gasteiger partial charge in [-0.3, -0.25) is 4.79 Å². The number of aryl methyl sites for hydroxylation is 3. The van der Waals surface area contributed by atoms with Gasteiger partial charge in [-0.1, -0.05) is 47.5 Å². The molecule has 0 saturated carbocycles. The summed E-state index contributed by atoms with van der Waals surface area (Å²) in [5.74, 6) is -0.596. The monoisotopic (exact) mass is 446 g/mol. The van der Waals surface area contributed by atoms with Gasteiger partial charge in [0.1, 0.15) is 10.8 Å². The summed E-state index contributed by atoms with van der Waals surface area (Å²) in [6.07, 6.45) is 0. The Bertz CT molecular complexity index is 1260. The molecule has 0 bridgehead atoms. The number of esters is 1. The first-order chi connectivity index (χ1) is 15.4. The van der Waals surface area contributed by atoms with Gasteiger partial charge in [-0.05, 0) is 32.9 Å². The number of ether oxygens (including phenoxy) is 1. The highest BCUT2D eigenvalue weighted by atomic mass is 32.1. The number of nitrogens with one attached hydrogen (secondary N) is 1. The van der Waals surface area contributed by atoms with Gasteiger partial charge in [0.15, 0.2) is 12.3 Å². The molecule has 32 heavy (non-hydrogen) atoms. The second-order valence-electron chi connectivity index (χ2n) is 7.45. The quantitative estimate of drug-likeness (QED) is 0.433. The lowest BCUT2D eigenvalue weighted by Crippen LogP contribution is -2.22. The number of carbonyl (C=O) groups is 2. The molecule has 1 N–H and O–H groups in total. The molecule has 4 rings (SSSR count). The number of carbonyl (C=O) groups excluding carboxylic acids is 2. The molecule has 4 aromatic rings. The summed E-state index contributed by atoms with van der Waals surface area (Å²) in [5.41, 5.74) is 4.96. The van der Waals surface area contributed by atoms with Crippen LogP contribution in [0, 0.1) is 20.8 Å². The standard InChI is InChI=1S/C24H22N4O3S/c1-15-4-8-18(9-5-15)23-25-20(14-32-23)24(30)31-13-22(29)26-21-12-17(3)27-28(21)19-10-6-16(2)7-11-19/h4-12,14H,13H2,1-3H3,(H,26,29). The minimum atomic E-state index is -0.641. The SMILES string of the molecule is Cc1ccc(-c2nc(C(=O)OCC(=O)Nc3cc(C)nn3-c3ccc(C)cc3)cs2)cc1. The number of anilines is 1. The zero-order valence-corrected chi connectivity index (χ0v) is 18.8. The number of amides is 1. The van der Waals surface area contributed by atoms with E-state index in [4.69, 9.17) is 4.74 Å². The minimum Gasteiger partial charge on any atom is -0.451 e. The van der Waals surface area contributed by atoms with E-state index in [0.29, 0.717) is 5.82 Å². The summed E-state index contributed by atoms with van der Waals surface area (Å²) in [5, 5.41) is 9.53. The van der Waals surface area contributed by atoms with Crippen LogP contribution >= 0.6 is 11.3 Å². The van der Waals surface area contributed by atoms with Crippen LogP contribution in [0.25, 0.3) is 16.3 Å². The summed E-state index contributed by atoms with van der Waals surface area (Å²) < 4.78 is 6.80. The lowest BCUT2D eigenvalue weighted by atomic mass is 10.2. The Morgan fingerprint density at radius 3 is 2.34 bits per heavy atom. The van der Waals surface area contributed by atoms with E-state index in [-0.39, 0.29) is 5.69 Å². The molecule has 0 spiro atoms. The highest BCUT2D eigenvalue weighted by Crippen LogP contribution is 2.24. The number of aromatic nitrogens is 3. The molecule has 0 aliphatic heterocycles. The van der Waals surface area contributed by atoms with Crippen LogP contribution in [0.3, 0.4) is 0 Å². The predicted molar refractivity (Wildman–Crippen MR) is 124 cm³/mol. The summed E-state index contributed by atoms with van der Waals surface area (Å²) >= 11 is 1.35. The maximum atomic E-state index is 12.4. The second kappa shape index (κ2) is 9.15. The molecule has 0 fully saturated rings. The molecule has 7 nitrogen and oxygen atoms in total. The summed E-state index contributed by atoms with van der Waals surface area (Å²) in [7, 11) is 0. The summed E-state index contributed by atoms with van der Waals surface area (Å²) in [6.45, 7) is 5.43. The Hall–Kier alpha value is -3.78. The van der Waals surface area contributed by atoms with E-state index in [1.807, 2.05) is 69.3 Å². The topological polar surface area (TPSA) is 86.1 Å². The number of hydrogen-bond acceptors (Lipinski definition) is 6. The molecule has 0 saturated heterocycles. The average Bonchev–Trinajstić information content (AvgIpc) is 3.40. The molecule has 0 atom stereocenters. The van der Waals surface area contributed by atoms with E-state index in [1.54, 1.807) is 16.1 Å². The Kier molecular flexibility index (Phi) is 6.13. The van der Waals surface area contributed by atoms with Crippen LogP contribution in [0.4, 0.5) is 5.82 Å². The highest BCUT2D eigenvalue weighted by Gasteiger charge is 2.16. The molecule has 2 aromatic carbocycles. The number of hydrogen-bond donors (Lipinski definition) is 1. The minimum absolute atomic E-state index is 0.180. The molecular formula is C24H22N4O3S. The molecule has 1 amide bonds. The van der Waals surface area contributed by atoms with E-state index in [0.717, 1.165) is 33.1 Å². The van der Waals surface area contributed by atoms with Crippen molar-refractivity contribution in [2.75, 3.05) is 11.9 Å². The third-order valence-corrected chi connectivity index (χ3v) is 5.62. The fourth-order valence-electron chi connectivity index (χ4n) is 3.05. The van der Waals surface area contributed by atoms with Gasteiger partial charge in [0, 0.05) is 17.0 Å². The van der Waals surface area contributed by atoms with Crippen LogP contribution in [0.5, 0.6) is 0 Å². The second-order valence-corrected chi connectivity index (χ2v) is 8.30. The Labute approximate surface area is 189 Å². The number of benzene rings is 2. The van der Waals surface area contributed by atoms with Crippen LogP contribution in [0.2, 0.25) is 0 Å². The zero-order valence-electron chi connectivity index (χ0n) is 18.0. The van der Waals surface area contributed by atoms with E-state index in [2.05, 4.69) is 15.4 Å². The fraction of sp³-hybridized carbons (Fsp3) is 0.167. The van der Waals surface area contributed by atoms with Gasteiger partial charge in [-0.25, -0.2) is 14.5 Å². The Morgan fingerprint density at radius 2 is 1.66 bits per heavy atom. The van der Waals surface area contributed by atoms with Gasteiger partial charge in [0.05, 0.1) is 11.4 Å². The predicted octanol–water partition coefficient (Wildman–Crippen LogP) is 4.72. The largest absolute Gasteiger partial charge is 0.451 e. The van der Waals surface area contributed by atoms with Crippen molar-refractivity contribution in [1.29, 1.82) is 0 Å². The van der Waals surface area contributed by atoms with Crippen molar-refractivity contribution in [3.8, 4) is 16.3 Å². The Morgan fingerprint density at radius 1 is 1.00 bits per heavy atom. The smallest absolute Gasteiger partial charge is 0.358 e. The fourth-order valence-corrected chi connectivity index (χ4v) is 3.85. The van der Waals surface area contributed by atoms with Gasteiger partial charge in [-0.2, -0.15) is 5.10 Å². The van der Waals surface area contributed by atoms with Crippen LogP contribution in [0.15, 0.2) is 60.0 Å². The van der Waals surface area contributed by atoms with Crippen molar-refractivity contribution in [1.82, 2.24) is 14.8 Å². The molecule has 0 radical (unpaired) electrons. The molecule has 8 heteroatoms. The first-order valence-corrected chi connectivity index (χ1v) is 10.9. The average molecular weight is 447 g/mol. The van der Waals surface area contributed by atoms with E-state index >= 15 is 0 Å². The van der Waals surface area contributed by atoms with Gasteiger partial charge < -0.3 is 10.1 Å². The number of nitrogens with zero attached hydrogens (tertiary/aromatic N) is 3. The Balaban J connectivity index is 1.38. The first-order valence-electron chi connectivity index (χ1n) is 10.0. The molecule has 0 aliphatic carbocycles. The molecule has 0 unspecified atom stereocenters. The molecule has 2 heterocycles. The van der Waals surface area contributed by atoms with Crippen molar-refractivity contribution in [2.45, 2.75) is 20.8 Å². The maximum Gasteiger partial charge on any atom is 0.358 e. The lowest BCUT2D eigenvalue weighted by Gasteiger charge is -2.09. The van der Waals surface area contributed by atoms with Crippen molar-refractivity contribution in [3.63, 3.8) is 0 Å². The van der Waals surface area contributed by atoms with Gasteiger partial charge >= 0.3 is 5.97 Å². The van der Waals surface area contributed by atoms with E-state index in [1.165, 1.54) is 11.3 Å². The van der Waals surface area contributed by atoms with Crippen LogP contribution in [0.1, 0.15) is 27.3 Å². The van der Waals surface area contributed by atoms with Crippen LogP contribution < -0.4 is 5.32 Å². The third-order valence-electron chi connectivity index (χ3n) is 4.72. The highest BCUT2D eigenvalue weighted by molar-refractivity contribution is 7.13. The summed E-state index contributed by atoms with van der Waals surface area (Å²) in [6, 6.07) is 17.4. The molecular weight excluding hydrogens is 424 g/mol. The van der Waals surface area contributed by atoms with Gasteiger partial charge in [0.2, 0.25) is 0 Å². The molecule has 2 aromatic heterocycles. The lowest BCUT2D eigenvalue weighted by molar-refractivity contribution is -0.119. The van der Waals surface area contributed by atoms with Crippen LogP contribution in [-0.4, -0.2) is 33.2 Å². The van der Waals surface area contributed by atoms with Crippen molar-refractivity contribution in [2.24, 2.45) is 0 Å². The number of thiazole rings is 1. The molecule has 162 valence electrons. The third kappa shape index (κ3) is 4.92.